The molecule has 0 fully saturated rings. The Morgan fingerprint density at radius 1 is 1.29 bits per heavy atom. The summed E-state index contributed by atoms with van der Waals surface area (Å²) in [5.74, 6) is 0.569. The number of amides is 2. The highest BCUT2D eigenvalue weighted by atomic mass is 32.2. The molecule has 148 valence electrons. The average Bonchev–Trinajstić information content (AvgIpc) is 2.68. The number of rotatable bonds is 6. The van der Waals surface area contributed by atoms with Crippen LogP contribution in [0.15, 0.2) is 47.4 Å². The largest absolute Gasteiger partial charge is 0.496 e. The van der Waals surface area contributed by atoms with E-state index in [9.17, 15) is 9.59 Å². The number of hydrogen-bond donors (Lipinski definition) is 2. The fraction of sp³-hybridized carbons (Fsp3) is 0.333. The lowest BCUT2D eigenvalue weighted by Crippen LogP contribution is -2.35. The monoisotopic (exact) mass is 399 g/mol. The molecule has 6 nitrogen and oxygen atoms in total. The number of fused-ring (bicyclic) bond motifs is 1. The topological polar surface area (TPSA) is 70.7 Å². The first-order valence-electron chi connectivity index (χ1n) is 9.09. The van der Waals surface area contributed by atoms with E-state index in [1.165, 1.54) is 11.8 Å². The van der Waals surface area contributed by atoms with E-state index in [-0.39, 0.29) is 23.1 Å². The van der Waals surface area contributed by atoms with Gasteiger partial charge in [0.2, 0.25) is 5.91 Å². The van der Waals surface area contributed by atoms with Gasteiger partial charge in [0.1, 0.15) is 5.75 Å². The van der Waals surface area contributed by atoms with Gasteiger partial charge in [-0.2, -0.15) is 0 Å². The van der Waals surface area contributed by atoms with Crippen molar-refractivity contribution in [3.63, 3.8) is 0 Å². The Hall–Kier alpha value is -2.51. The van der Waals surface area contributed by atoms with Gasteiger partial charge in [0.25, 0.3) is 5.91 Å². The van der Waals surface area contributed by atoms with Crippen LogP contribution in [0.3, 0.4) is 0 Å². The summed E-state index contributed by atoms with van der Waals surface area (Å²) in [5.41, 5.74) is 2.22. The minimum absolute atomic E-state index is 0.0335. The highest BCUT2D eigenvalue weighted by molar-refractivity contribution is 8.00. The zero-order chi connectivity index (χ0) is 20.3. The van der Waals surface area contributed by atoms with Gasteiger partial charge in [-0.05, 0) is 45.3 Å². The van der Waals surface area contributed by atoms with Gasteiger partial charge >= 0.3 is 0 Å². The Labute approximate surface area is 169 Å². The zero-order valence-electron chi connectivity index (χ0n) is 16.5. The molecule has 0 saturated heterocycles. The maximum absolute atomic E-state index is 12.7. The van der Waals surface area contributed by atoms with E-state index in [2.05, 4.69) is 10.6 Å². The lowest BCUT2D eigenvalue weighted by Gasteiger charge is -2.26. The van der Waals surface area contributed by atoms with E-state index in [4.69, 9.17) is 4.74 Å². The highest BCUT2D eigenvalue weighted by Crippen LogP contribution is 2.36. The summed E-state index contributed by atoms with van der Waals surface area (Å²) in [6, 6.07) is 13.2. The molecule has 2 unspecified atom stereocenters. The van der Waals surface area contributed by atoms with Crippen LogP contribution in [-0.2, 0) is 4.79 Å². The Morgan fingerprint density at radius 2 is 2.04 bits per heavy atom. The Kier molecular flexibility index (Phi) is 6.26. The number of thioether (sulfide) groups is 1. The number of benzene rings is 2. The molecule has 3 rings (SSSR count). The standard InChI is InChI=1S/C21H25N3O3S/c1-13-20(25)23-16-11-14(9-10-19(16)28-13)21(26)22-12-17(24(2)3)15-7-5-6-8-18(15)27-4/h5-11,13,17H,12H2,1-4H3,(H,22,26)(H,23,25). The van der Waals surface area contributed by atoms with Gasteiger partial charge in [0.15, 0.2) is 0 Å². The molecule has 2 aromatic rings. The van der Waals surface area contributed by atoms with Crippen molar-refractivity contribution in [1.29, 1.82) is 0 Å². The SMILES string of the molecule is COc1ccccc1C(CNC(=O)c1ccc2c(c1)NC(=O)C(C)S2)N(C)C. The van der Waals surface area contributed by atoms with Crippen LogP contribution in [0.1, 0.15) is 28.9 Å². The number of para-hydroxylation sites is 1. The van der Waals surface area contributed by atoms with Crippen LogP contribution in [0, 0.1) is 0 Å². The lowest BCUT2D eigenvalue weighted by atomic mass is 10.0. The minimum Gasteiger partial charge on any atom is -0.496 e. The van der Waals surface area contributed by atoms with Gasteiger partial charge in [-0.1, -0.05) is 18.2 Å². The van der Waals surface area contributed by atoms with Gasteiger partial charge in [0, 0.05) is 22.6 Å². The number of ether oxygens (including phenoxy) is 1. The number of nitrogens with zero attached hydrogens (tertiary/aromatic N) is 1. The van der Waals surface area contributed by atoms with Crippen LogP contribution in [0.25, 0.3) is 0 Å². The second kappa shape index (κ2) is 8.67. The average molecular weight is 400 g/mol. The number of carbonyl (C=O) groups is 2. The summed E-state index contributed by atoms with van der Waals surface area (Å²) in [5, 5.41) is 5.74. The van der Waals surface area contributed by atoms with Crippen molar-refractivity contribution in [2.24, 2.45) is 0 Å². The van der Waals surface area contributed by atoms with Crippen LogP contribution in [0.4, 0.5) is 5.69 Å². The van der Waals surface area contributed by atoms with E-state index in [0.29, 0.717) is 17.8 Å². The maximum atomic E-state index is 12.7. The molecule has 0 saturated carbocycles. The maximum Gasteiger partial charge on any atom is 0.251 e. The molecule has 2 N–H and O–H groups in total. The molecule has 0 spiro atoms. The predicted octanol–water partition coefficient (Wildman–Crippen LogP) is 3.16. The molecule has 2 atom stereocenters. The molecular formula is C21H25N3O3S. The molecule has 1 aliphatic heterocycles. The third kappa shape index (κ3) is 4.31. The Bertz CT molecular complexity index is 885. The van der Waals surface area contributed by atoms with Gasteiger partial charge in [-0.15, -0.1) is 11.8 Å². The van der Waals surface area contributed by atoms with E-state index in [0.717, 1.165) is 16.2 Å². The molecule has 0 aliphatic carbocycles. The number of methoxy groups -OCH3 is 1. The van der Waals surface area contributed by atoms with Crippen LogP contribution >= 0.6 is 11.8 Å². The Morgan fingerprint density at radius 3 is 2.75 bits per heavy atom. The van der Waals surface area contributed by atoms with Crippen LogP contribution in [-0.4, -0.2) is 49.7 Å². The molecule has 0 bridgehead atoms. The molecule has 0 aromatic heterocycles. The van der Waals surface area contributed by atoms with Gasteiger partial charge in [-0.3, -0.25) is 9.59 Å². The molecule has 7 heteroatoms. The third-order valence-electron chi connectivity index (χ3n) is 4.75. The second-order valence-corrected chi connectivity index (χ2v) is 8.27. The van der Waals surface area contributed by atoms with Crippen molar-refractivity contribution in [1.82, 2.24) is 10.2 Å². The van der Waals surface area contributed by atoms with Crippen LogP contribution in [0.2, 0.25) is 0 Å². The quantitative estimate of drug-likeness (QED) is 0.781. The normalized spacial score (nSPS) is 16.9. The molecule has 2 aromatic carbocycles. The number of carbonyl (C=O) groups excluding carboxylic acids is 2. The summed E-state index contributed by atoms with van der Waals surface area (Å²) in [6.45, 7) is 2.30. The lowest BCUT2D eigenvalue weighted by molar-refractivity contribution is -0.115. The minimum atomic E-state index is -0.178. The zero-order valence-corrected chi connectivity index (χ0v) is 17.3. The van der Waals surface area contributed by atoms with Crippen molar-refractivity contribution in [3.05, 3.63) is 53.6 Å². The molecule has 0 radical (unpaired) electrons. The summed E-state index contributed by atoms with van der Waals surface area (Å²) in [6.07, 6.45) is 0. The van der Waals surface area contributed by atoms with Gasteiger partial charge < -0.3 is 20.3 Å². The fourth-order valence-electron chi connectivity index (χ4n) is 3.15. The van der Waals surface area contributed by atoms with E-state index >= 15 is 0 Å². The first-order chi connectivity index (χ1) is 13.4. The number of nitrogens with one attached hydrogen (secondary N) is 2. The Balaban J connectivity index is 1.74. The number of hydrogen-bond acceptors (Lipinski definition) is 5. The molecule has 28 heavy (non-hydrogen) atoms. The summed E-state index contributed by atoms with van der Waals surface area (Å²) < 4.78 is 5.47. The van der Waals surface area contributed by atoms with Crippen LogP contribution < -0.4 is 15.4 Å². The van der Waals surface area contributed by atoms with Crippen molar-refractivity contribution in [2.45, 2.75) is 23.1 Å². The van der Waals surface area contributed by atoms with Crippen molar-refractivity contribution in [2.75, 3.05) is 33.1 Å². The fourth-order valence-corrected chi connectivity index (χ4v) is 4.08. The van der Waals surface area contributed by atoms with Gasteiger partial charge in [0.05, 0.1) is 24.1 Å². The smallest absolute Gasteiger partial charge is 0.251 e. The molecular weight excluding hydrogens is 374 g/mol. The van der Waals surface area contributed by atoms with Crippen LogP contribution in [0.5, 0.6) is 5.75 Å². The first-order valence-corrected chi connectivity index (χ1v) is 9.97. The van der Waals surface area contributed by atoms with Crippen molar-refractivity contribution < 1.29 is 14.3 Å². The van der Waals surface area contributed by atoms with Gasteiger partial charge in [-0.25, -0.2) is 0 Å². The molecule has 2 amide bonds. The van der Waals surface area contributed by atoms with Crippen molar-refractivity contribution >= 4 is 29.3 Å². The molecule has 1 heterocycles. The second-order valence-electron chi connectivity index (χ2n) is 6.89. The summed E-state index contributed by atoms with van der Waals surface area (Å²) >= 11 is 1.50. The summed E-state index contributed by atoms with van der Waals surface area (Å²) in [7, 11) is 5.58. The van der Waals surface area contributed by atoms with E-state index in [1.54, 1.807) is 19.2 Å². The van der Waals surface area contributed by atoms with Crippen molar-refractivity contribution in [3.8, 4) is 5.75 Å². The number of likely N-dealkylation sites (N-methyl/N-ethyl adjacent to an activating group) is 1. The number of anilines is 1. The third-order valence-corrected chi connectivity index (χ3v) is 5.93. The molecule has 1 aliphatic rings. The first kappa shape index (κ1) is 20.2. The summed E-state index contributed by atoms with van der Waals surface area (Å²) in [4.78, 5) is 27.6. The van der Waals surface area contributed by atoms with E-state index < -0.39 is 0 Å². The predicted molar refractivity (Wildman–Crippen MR) is 112 cm³/mol. The highest BCUT2D eigenvalue weighted by Gasteiger charge is 2.24. The van der Waals surface area contributed by atoms with E-state index in [1.807, 2.05) is 56.3 Å².